The third kappa shape index (κ3) is 27.4. The van der Waals surface area contributed by atoms with E-state index in [0.717, 1.165) is 34.5 Å². The summed E-state index contributed by atoms with van der Waals surface area (Å²) >= 11 is 0. The van der Waals surface area contributed by atoms with Crippen LogP contribution in [0.15, 0.2) is 0 Å². The lowest BCUT2D eigenvalue weighted by Gasteiger charge is -2.47. The first kappa shape index (κ1) is 98.6. The van der Waals surface area contributed by atoms with Gasteiger partial charge in [-0.2, -0.15) is 39.5 Å². The van der Waals surface area contributed by atoms with E-state index in [1.807, 2.05) is 20.8 Å². The van der Waals surface area contributed by atoms with E-state index in [1.165, 1.54) is 77.0 Å². The van der Waals surface area contributed by atoms with Crippen LogP contribution < -0.4 is 0 Å². The van der Waals surface area contributed by atoms with E-state index in [-0.39, 0.29) is 125 Å². The molecule has 7 heterocycles. The van der Waals surface area contributed by atoms with Crippen LogP contribution in [0.2, 0.25) is 18.1 Å². The number of halogens is 9. The second-order valence-corrected chi connectivity index (χ2v) is 40.8. The summed E-state index contributed by atoms with van der Waals surface area (Å²) < 4.78 is 194. The summed E-state index contributed by atoms with van der Waals surface area (Å²) in [6, 6.07) is 0. The average Bonchev–Trinajstić information content (AvgIpc) is 1.54. The number of aliphatic hydroxyl groups is 1. The van der Waals surface area contributed by atoms with Gasteiger partial charge in [-0.3, -0.25) is 4.79 Å². The van der Waals surface area contributed by atoms with E-state index in [2.05, 4.69) is 77.4 Å². The minimum Gasteiger partial charge on any atom is -0.411 e. The zero-order valence-corrected chi connectivity index (χ0v) is 65.7. The number of aliphatic hydroxyl groups excluding tert-OH is 1. The Bertz CT molecular complexity index is 2380. The quantitative estimate of drug-likeness (QED) is 0.0235. The molecule has 616 valence electrons. The third-order valence-electron chi connectivity index (χ3n) is 22.4. The Labute approximate surface area is 621 Å². The lowest BCUT2D eigenvalue weighted by atomic mass is 9.68. The Morgan fingerprint density at radius 3 is 1.28 bits per heavy atom. The molecule has 7 saturated heterocycles. The predicted molar refractivity (Wildman–Crippen MR) is 398 cm³/mol. The van der Waals surface area contributed by atoms with Crippen LogP contribution in [0.25, 0.3) is 0 Å². The first-order valence-electron chi connectivity index (χ1n) is 37.1. The molecule has 3 saturated carbocycles. The Hall–Kier alpha value is -0.483. The molecule has 0 aromatic rings. The van der Waals surface area contributed by atoms with Crippen LogP contribution in [0.4, 0.5) is 39.5 Å². The summed E-state index contributed by atoms with van der Waals surface area (Å²) in [5, 5.41) is 10.3. The second-order valence-electron chi connectivity index (χ2n) is 30.7. The van der Waals surface area contributed by atoms with Gasteiger partial charge in [0.15, 0.2) is 19.9 Å². The number of epoxide rings is 6. The number of hydrogen-bond donors (Lipinski definition) is 1. The Morgan fingerprint density at radius 1 is 0.602 bits per heavy atom. The molecule has 0 aromatic heterocycles. The number of carbonyl (C=O) groups excluding carboxylic acids is 1. The molecule has 10 aliphatic rings. The predicted octanol–water partition coefficient (Wildman–Crippen LogP) is 18.3. The lowest BCUT2D eigenvalue weighted by molar-refractivity contribution is -0.174. The van der Waals surface area contributed by atoms with Gasteiger partial charge < -0.3 is 71.1 Å². The van der Waals surface area contributed by atoms with Crippen molar-refractivity contribution < 1.29 is 117 Å². The highest BCUT2D eigenvalue weighted by Gasteiger charge is 2.75. The van der Waals surface area contributed by atoms with Crippen LogP contribution >= 0.6 is 15.8 Å². The van der Waals surface area contributed by atoms with Crippen LogP contribution in [0.3, 0.4) is 0 Å². The SMILES string of the molecule is C.C.C.C.CCCC[P+](CCCC)(CCCC)C1CCCO1.CO[C@@H]1C(=O)CC[C@]2(CO2)[C@H]1[C@]1(C)O[C@@H]1CCOCC(F)(F)F.CO[C@@H]1[C@H](O)CC[C@]2(CO2)[C@H]1[C@]1(C)O[C@@H]1CCOCC(F)(F)F.CO[C@@H]1[C@H](O[Si](C)(C)C(C)(C)C)CC[C@]2(CO2)[C@H]1[C@]1(C)O[C@@H]1CCOCC(F)(F)F.CPC.[2H]CC. The number of methoxy groups -OCH3 is 3. The number of rotatable bonds is 30. The van der Waals surface area contributed by atoms with Gasteiger partial charge in [0.1, 0.15) is 48.3 Å². The molecule has 7 aliphatic heterocycles. The van der Waals surface area contributed by atoms with Crippen molar-refractivity contribution in [2.24, 2.45) is 17.8 Å². The van der Waals surface area contributed by atoms with E-state index in [4.69, 9.17) is 57.9 Å². The second kappa shape index (κ2) is 42.4. The van der Waals surface area contributed by atoms with Crippen LogP contribution in [0.5, 0.6) is 0 Å². The number of alkyl halides is 9. The monoisotopic (exact) mass is 1560 g/mol. The van der Waals surface area contributed by atoms with E-state index in [9.17, 15) is 49.4 Å². The maximum Gasteiger partial charge on any atom is 0.411 e. The van der Waals surface area contributed by atoms with Gasteiger partial charge in [-0.15, -0.1) is 8.58 Å². The van der Waals surface area contributed by atoms with Gasteiger partial charge in [-0.25, -0.2) is 0 Å². The molecule has 0 radical (unpaired) electrons. The summed E-state index contributed by atoms with van der Waals surface area (Å²) in [7, 11) is 3.02. The minimum absolute atomic E-state index is 0. The average molecular weight is 1560 g/mol. The summed E-state index contributed by atoms with van der Waals surface area (Å²) in [6.07, 6.45) is 5.56. The fourth-order valence-corrected chi connectivity index (χ4v) is 22.7. The van der Waals surface area contributed by atoms with Crippen molar-refractivity contribution in [3.63, 3.8) is 0 Å². The minimum atomic E-state index is -4.32. The normalized spacial score (nSPS) is 35.3. The van der Waals surface area contributed by atoms with Gasteiger partial charge in [-0.1, -0.05) is 104 Å². The fourth-order valence-electron chi connectivity index (χ4n) is 15.8. The molecule has 10 fully saturated rings. The highest BCUT2D eigenvalue weighted by molar-refractivity contribution is 7.76. The molecule has 18 atom stereocenters. The topological polar surface area (TPSA) is 186 Å². The number of Topliss-reactive ketones (excluding diaryl/α,β-unsaturated/α-hetero) is 1. The molecular weight excluding hydrogens is 1420 g/mol. The van der Waals surface area contributed by atoms with Crippen LogP contribution in [0, 0.1) is 17.8 Å². The Kier molecular flexibility index (Phi) is 40.6. The number of ketones is 1. The Morgan fingerprint density at radius 2 is 0.961 bits per heavy atom. The van der Waals surface area contributed by atoms with Crippen molar-refractivity contribution in [2.75, 3.05) is 119 Å². The summed E-state index contributed by atoms with van der Waals surface area (Å²) in [5.74, 6) is 0.334. The molecular formula is C75H144F9O16P2Si+. The molecule has 3 aliphatic carbocycles. The number of unbranched alkanes of at least 4 members (excludes halogenated alkanes) is 3. The first-order valence-corrected chi connectivity index (χ1v) is 43.7. The number of hydrogen-bond acceptors (Lipinski definition) is 16. The van der Waals surface area contributed by atoms with Gasteiger partial charge in [0.2, 0.25) is 0 Å². The van der Waals surface area contributed by atoms with E-state index in [1.54, 1.807) is 21.1 Å². The molecule has 10 rings (SSSR count). The van der Waals surface area contributed by atoms with Crippen molar-refractivity contribution in [3.05, 3.63) is 0 Å². The smallest absolute Gasteiger partial charge is 0.411 e. The summed E-state index contributed by atoms with van der Waals surface area (Å²) in [6.45, 7) is 29.7. The molecule has 0 amide bonds. The van der Waals surface area contributed by atoms with Crippen molar-refractivity contribution in [3.8, 4) is 0 Å². The van der Waals surface area contributed by atoms with Gasteiger partial charge in [0, 0.05) is 62.6 Å². The molecule has 1 N–H and O–H groups in total. The van der Waals surface area contributed by atoms with E-state index < -0.39 is 89.0 Å². The highest BCUT2D eigenvalue weighted by atomic mass is 31.2. The molecule has 103 heavy (non-hydrogen) atoms. The van der Waals surface area contributed by atoms with Gasteiger partial charge in [-0.05, 0) is 129 Å². The summed E-state index contributed by atoms with van der Waals surface area (Å²) in [4.78, 5) is 12.1. The van der Waals surface area contributed by atoms with Crippen LogP contribution in [-0.2, 0) is 70.8 Å². The van der Waals surface area contributed by atoms with Gasteiger partial charge in [0.25, 0.3) is 0 Å². The fraction of sp³-hybridized carbons (Fsp3) is 0.987. The zero-order valence-electron chi connectivity index (χ0n) is 63.8. The largest absolute Gasteiger partial charge is 0.411 e. The zero-order chi connectivity index (χ0) is 75.0. The lowest BCUT2D eigenvalue weighted by Crippen LogP contribution is -2.58. The van der Waals surface area contributed by atoms with E-state index >= 15 is 0 Å². The molecule has 16 nitrogen and oxygen atoms in total. The first-order chi connectivity index (χ1) is 46.7. The highest BCUT2D eigenvalue weighted by Crippen LogP contribution is 2.68. The maximum absolute atomic E-state index is 12.3. The van der Waals surface area contributed by atoms with Crippen molar-refractivity contribution in [2.45, 2.75) is 340 Å². The van der Waals surface area contributed by atoms with Crippen molar-refractivity contribution >= 4 is 29.9 Å². The van der Waals surface area contributed by atoms with Gasteiger partial charge >= 0.3 is 18.5 Å². The standard InChI is InChI=1S/C21H37F3O5Si.C16H34OP.C15H23F3O5.C15H21F3O5.C2H7P.C2H6.4CH4/c1-18(2,3)30(6,7)29-14-8-10-20(12-27-20)17(16(14)25-5)19(4)15(28-19)9-11-26-13-21(22,23)24;1-4-7-13-18(14-8-5-2,15-9-6-3)16-11-10-12-17-16;2*1-13(10(23-13)4-6-21-8-15(16,17)18)12-11(20-2)9(19)3-5-14(12)7-22-14;1-3-2;1-2;;;;/h14-17H,8-13H2,1-7H3;16H,4-15H2,1-3H3;9-12,19H,3-8H2,1-2H3;10-12H,3-8H2,1-2H3;3H,1-2H3;1-2H3;4*1H4/q;+1;;;;;;;;/t14-,15-,16-,17-,19-,20+;;9-,10-,11-,12-,13-,14+;10-,11-,12-,13-,14+;;;;;;/m1.11....../s1/i;;;;;1D;;;;. The van der Waals surface area contributed by atoms with Gasteiger partial charge in [0.05, 0.1) is 117 Å². The van der Waals surface area contributed by atoms with Crippen molar-refractivity contribution in [1.29, 1.82) is 0 Å². The Balaban J connectivity index is 0.000000675. The molecule has 1 unspecified atom stereocenters. The maximum atomic E-state index is 12.3. The summed E-state index contributed by atoms with van der Waals surface area (Å²) in [5.41, 5.74) is -2.66. The number of ether oxygens (including phenoxy) is 13. The van der Waals surface area contributed by atoms with Crippen LogP contribution in [0.1, 0.15) is 216 Å². The van der Waals surface area contributed by atoms with Crippen molar-refractivity contribution in [1.82, 2.24) is 0 Å². The molecule has 0 bridgehead atoms. The molecule has 3 spiro atoms. The van der Waals surface area contributed by atoms with Crippen LogP contribution in [-0.4, -0.2) is 245 Å². The third-order valence-corrected chi connectivity index (χ3v) is 32.1. The molecule has 0 aromatic carbocycles. The molecule has 28 heteroatoms. The number of carbonyl (C=O) groups is 1. The van der Waals surface area contributed by atoms with E-state index in [0.29, 0.717) is 71.1 Å².